The zero-order chi connectivity index (χ0) is 16.5. The van der Waals surface area contributed by atoms with Gasteiger partial charge in [0.1, 0.15) is 6.04 Å². The van der Waals surface area contributed by atoms with Gasteiger partial charge < -0.3 is 19.8 Å². The Hall–Kier alpha value is -1.08. The summed E-state index contributed by atoms with van der Waals surface area (Å²) < 4.78 is 16.6. The fraction of sp³-hybridized carbons (Fsp3) is 0.562. The van der Waals surface area contributed by atoms with E-state index in [0.717, 1.165) is 11.0 Å². The Kier molecular flexibility index (Phi) is 6.27. The van der Waals surface area contributed by atoms with Gasteiger partial charge in [-0.25, -0.2) is 0 Å². The highest BCUT2D eigenvalue weighted by molar-refractivity contribution is 6.62. The molecule has 1 aliphatic heterocycles. The zero-order valence-corrected chi connectivity index (χ0v) is 15.1. The molecule has 7 heteroatoms. The van der Waals surface area contributed by atoms with E-state index in [-0.39, 0.29) is 30.7 Å². The van der Waals surface area contributed by atoms with Crippen molar-refractivity contribution >= 4 is 31.0 Å². The van der Waals surface area contributed by atoms with E-state index in [1.807, 2.05) is 52.0 Å². The van der Waals surface area contributed by atoms with Crippen molar-refractivity contribution in [1.29, 1.82) is 0 Å². The van der Waals surface area contributed by atoms with Gasteiger partial charge in [0.05, 0.1) is 18.3 Å². The van der Waals surface area contributed by atoms with Crippen molar-refractivity contribution in [3.63, 3.8) is 0 Å². The van der Waals surface area contributed by atoms with E-state index in [2.05, 4.69) is 4.74 Å². The summed E-state index contributed by atoms with van der Waals surface area (Å²) in [5, 5.41) is 0. The molecule has 2 rings (SSSR count). The first-order valence-electron chi connectivity index (χ1n) is 7.44. The minimum Gasteiger partial charge on any atom is -0.468 e. The first-order valence-corrected chi connectivity index (χ1v) is 7.44. The van der Waals surface area contributed by atoms with Gasteiger partial charge in [-0.05, 0) is 45.1 Å². The summed E-state index contributed by atoms with van der Waals surface area (Å²) in [5.41, 5.74) is 6.98. The largest absolute Gasteiger partial charge is 0.494 e. The van der Waals surface area contributed by atoms with Crippen LogP contribution in [0.15, 0.2) is 24.3 Å². The second-order valence-electron chi connectivity index (χ2n) is 6.66. The number of benzene rings is 1. The lowest BCUT2D eigenvalue weighted by Crippen LogP contribution is -2.41. The summed E-state index contributed by atoms with van der Waals surface area (Å²) in [7, 11) is 0.956. The molecule has 0 aliphatic carbocycles. The first kappa shape index (κ1) is 20.0. The second-order valence-corrected chi connectivity index (χ2v) is 6.66. The molecule has 23 heavy (non-hydrogen) atoms. The quantitative estimate of drug-likeness (QED) is 0.663. The second kappa shape index (κ2) is 7.22. The molecule has 0 bridgehead atoms. The van der Waals surface area contributed by atoms with E-state index >= 15 is 0 Å². The maximum absolute atomic E-state index is 11.3. The van der Waals surface area contributed by atoms with Gasteiger partial charge in [0.25, 0.3) is 0 Å². The number of esters is 1. The van der Waals surface area contributed by atoms with Crippen LogP contribution in [0.1, 0.15) is 33.3 Å². The molecule has 5 nitrogen and oxygen atoms in total. The van der Waals surface area contributed by atoms with Crippen molar-refractivity contribution in [2.24, 2.45) is 5.73 Å². The molecule has 0 saturated carbocycles. The van der Waals surface area contributed by atoms with E-state index in [4.69, 9.17) is 15.0 Å². The molecule has 1 saturated heterocycles. The number of nitrogens with two attached hydrogens (primary N) is 1. The van der Waals surface area contributed by atoms with Crippen LogP contribution in [0, 0.1) is 0 Å². The Morgan fingerprint density at radius 2 is 1.65 bits per heavy atom. The smallest absolute Gasteiger partial charge is 0.468 e. The standard InChI is InChI=1S/C16H24BNO4.ClH/c1-15(2)16(3,4)22-17(21-15)12-8-6-11(7-9-12)10-13(18)14(19)20-5;/h6-9,13H,10,18H2,1-5H3;1H. The third-order valence-electron chi connectivity index (χ3n) is 4.46. The molecule has 0 amide bonds. The maximum Gasteiger partial charge on any atom is 0.494 e. The van der Waals surface area contributed by atoms with Crippen molar-refractivity contribution in [1.82, 2.24) is 0 Å². The average Bonchev–Trinajstić information content (AvgIpc) is 2.67. The van der Waals surface area contributed by atoms with E-state index in [9.17, 15) is 4.79 Å². The molecule has 0 radical (unpaired) electrons. The van der Waals surface area contributed by atoms with Crippen molar-refractivity contribution in [3.05, 3.63) is 29.8 Å². The lowest BCUT2D eigenvalue weighted by atomic mass is 9.78. The molecule has 0 aromatic heterocycles. The van der Waals surface area contributed by atoms with Crippen LogP contribution < -0.4 is 11.2 Å². The number of carbonyl (C=O) groups excluding carboxylic acids is 1. The molecular formula is C16H25BClNO4. The van der Waals surface area contributed by atoms with E-state index in [1.54, 1.807) is 0 Å². The highest BCUT2D eigenvalue weighted by Crippen LogP contribution is 2.36. The van der Waals surface area contributed by atoms with Crippen LogP contribution in [0.3, 0.4) is 0 Å². The van der Waals surface area contributed by atoms with Gasteiger partial charge in [0.2, 0.25) is 0 Å². The third-order valence-corrected chi connectivity index (χ3v) is 4.46. The van der Waals surface area contributed by atoms with Gasteiger partial charge in [-0.1, -0.05) is 24.3 Å². The maximum atomic E-state index is 11.3. The monoisotopic (exact) mass is 341 g/mol. The van der Waals surface area contributed by atoms with E-state index in [0.29, 0.717) is 6.42 Å². The molecule has 1 aliphatic rings. The third kappa shape index (κ3) is 4.26. The van der Waals surface area contributed by atoms with Crippen LogP contribution in [-0.4, -0.2) is 37.4 Å². The fourth-order valence-electron chi connectivity index (χ4n) is 2.28. The van der Waals surface area contributed by atoms with Crippen molar-refractivity contribution < 1.29 is 18.8 Å². The van der Waals surface area contributed by atoms with Crippen LogP contribution in [0.2, 0.25) is 0 Å². The average molecular weight is 342 g/mol. The highest BCUT2D eigenvalue weighted by Gasteiger charge is 2.51. The molecule has 1 fully saturated rings. The minimum atomic E-state index is -0.646. The lowest BCUT2D eigenvalue weighted by molar-refractivity contribution is -0.142. The van der Waals surface area contributed by atoms with Gasteiger partial charge in [-0.3, -0.25) is 4.79 Å². The Morgan fingerprint density at radius 1 is 1.17 bits per heavy atom. The Balaban J connectivity index is 0.00000264. The van der Waals surface area contributed by atoms with Gasteiger partial charge >= 0.3 is 13.1 Å². The summed E-state index contributed by atoms with van der Waals surface area (Å²) >= 11 is 0. The summed E-state index contributed by atoms with van der Waals surface area (Å²) in [5.74, 6) is -0.407. The Bertz CT molecular complexity index is 532. The van der Waals surface area contributed by atoms with E-state index in [1.165, 1.54) is 7.11 Å². The molecule has 2 N–H and O–H groups in total. The Labute approximate surface area is 144 Å². The van der Waals surface area contributed by atoms with Crippen LogP contribution in [0.25, 0.3) is 0 Å². The molecule has 1 unspecified atom stereocenters. The SMILES string of the molecule is COC(=O)C(N)Cc1ccc(B2OC(C)(C)C(C)(C)O2)cc1.Cl. The first-order chi connectivity index (χ1) is 10.2. The number of ether oxygens (including phenoxy) is 1. The van der Waals surface area contributed by atoms with Crippen LogP contribution >= 0.6 is 12.4 Å². The van der Waals surface area contributed by atoms with Crippen LogP contribution in [0.5, 0.6) is 0 Å². The number of methoxy groups -OCH3 is 1. The highest BCUT2D eigenvalue weighted by atomic mass is 35.5. The molecule has 1 aromatic rings. The summed E-state index contributed by atoms with van der Waals surface area (Å²) in [6.45, 7) is 8.10. The van der Waals surface area contributed by atoms with Crippen molar-refractivity contribution in [3.8, 4) is 0 Å². The van der Waals surface area contributed by atoms with Crippen molar-refractivity contribution in [2.75, 3.05) is 7.11 Å². The predicted octanol–water partition coefficient (Wildman–Crippen LogP) is 1.45. The van der Waals surface area contributed by atoms with Crippen LogP contribution in [0.4, 0.5) is 0 Å². The number of carbonyl (C=O) groups is 1. The molecule has 1 heterocycles. The summed E-state index contributed by atoms with van der Waals surface area (Å²) in [6, 6.07) is 7.11. The number of halogens is 1. The van der Waals surface area contributed by atoms with Gasteiger partial charge in [0, 0.05) is 0 Å². The fourth-order valence-corrected chi connectivity index (χ4v) is 2.28. The van der Waals surface area contributed by atoms with Crippen LogP contribution in [-0.2, 0) is 25.3 Å². The van der Waals surface area contributed by atoms with E-state index < -0.39 is 12.0 Å². The van der Waals surface area contributed by atoms with Gasteiger partial charge in [-0.15, -0.1) is 12.4 Å². The summed E-state index contributed by atoms with van der Waals surface area (Å²) in [4.78, 5) is 11.3. The number of rotatable bonds is 4. The zero-order valence-electron chi connectivity index (χ0n) is 14.3. The minimum absolute atomic E-state index is 0. The molecular weight excluding hydrogens is 316 g/mol. The molecule has 0 spiro atoms. The molecule has 1 atom stereocenters. The number of hydrogen-bond donors (Lipinski definition) is 1. The lowest BCUT2D eigenvalue weighted by Gasteiger charge is -2.32. The normalized spacial score (nSPS) is 19.8. The number of hydrogen-bond acceptors (Lipinski definition) is 5. The topological polar surface area (TPSA) is 70.8 Å². The molecule has 1 aromatic carbocycles. The van der Waals surface area contributed by atoms with Crippen molar-refractivity contribution in [2.45, 2.75) is 51.4 Å². The van der Waals surface area contributed by atoms with Gasteiger partial charge in [-0.2, -0.15) is 0 Å². The predicted molar refractivity (Wildman–Crippen MR) is 93.1 cm³/mol. The summed E-state index contributed by atoms with van der Waals surface area (Å²) in [6.07, 6.45) is 0.441. The van der Waals surface area contributed by atoms with Gasteiger partial charge in [0.15, 0.2) is 0 Å². The Morgan fingerprint density at radius 3 is 2.09 bits per heavy atom. The molecule has 128 valence electrons.